The molecular formula is C12H14O3S. The van der Waals surface area contributed by atoms with Gasteiger partial charge >= 0.3 is 0 Å². The van der Waals surface area contributed by atoms with Gasteiger partial charge in [-0.15, -0.1) is 0 Å². The Bertz CT molecular complexity index is 428. The number of hydrogen-bond acceptors (Lipinski definition) is 3. The van der Waals surface area contributed by atoms with Crippen LogP contribution in [0.2, 0.25) is 0 Å². The van der Waals surface area contributed by atoms with Crippen LogP contribution in [0.3, 0.4) is 0 Å². The topological polar surface area (TPSA) is 42.1 Å². The standard InChI is InChI=1S/C12H14O3S/c1-7-3-5-9(6-4-7)16(13)12-11(15-12)10-8(2)14-10/h3-6,8,10-12H,1-2H3/t8-,10+,11-,12+,16-/m0/s1. The molecule has 3 nitrogen and oxygen atoms in total. The van der Waals surface area contributed by atoms with Crippen molar-refractivity contribution in [3.05, 3.63) is 29.8 Å². The van der Waals surface area contributed by atoms with Crippen molar-refractivity contribution in [2.75, 3.05) is 0 Å². The molecule has 0 amide bonds. The molecule has 16 heavy (non-hydrogen) atoms. The maximum absolute atomic E-state index is 12.1. The van der Waals surface area contributed by atoms with E-state index in [0.717, 1.165) is 4.90 Å². The lowest BCUT2D eigenvalue weighted by atomic mass is 10.2. The van der Waals surface area contributed by atoms with Crippen molar-refractivity contribution in [3.63, 3.8) is 0 Å². The first kappa shape index (κ1) is 10.4. The molecule has 86 valence electrons. The molecule has 0 unspecified atom stereocenters. The van der Waals surface area contributed by atoms with Gasteiger partial charge in [-0.25, -0.2) is 0 Å². The normalized spacial score (nSPS) is 38.1. The summed E-state index contributed by atoms with van der Waals surface area (Å²) in [6.07, 6.45) is 0.474. The van der Waals surface area contributed by atoms with E-state index in [2.05, 4.69) is 0 Å². The Balaban J connectivity index is 1.68. The van der Waals surface area contributed by atoms with Crippen LogP contribution in [-0.4, -0.2) is 28.0 Å². The van der Waals surface area contributed by atoms with E-state index in [4.69, 9.17) is 9.47 Å². The molecule has 1 aromatic carbocycles. The Morgan fingerprint density at radius 3 is 2.31 bits per heavy atom. The van der Waals surface area contributed by atoms with Gasteiger partial charge in [-0.1, -0.05) is 17.7 Å². The highest BCUT2D eigenvalue weighted by Gasteiger charge is 2.58. The molecular weight excluding hydrogens is 224 g/mol. The van der Waals surface area contributed by atoms with Crippen LogP contribution >= 0.6 is 0 Å². The number of hydrogen-bond donors (Lipinski definition) is 0. The molecule has 5 atom stereocenters. The maximum atomic E-state index is 12.1. The number of rotatable bonds is 3. The Labute approximate surface area is 97.2 Å². The van der Waals surface area contributed by atoms with E-state index in [1.54, 1.807) is 0 Å². The van der Waals surface area contributed by atoms with Crippen molar-refractivity contribution < 1.29 is 13.7 Å². The van der Waals surface area contributed by atoms with Crippen LogP contribution < -0.4 is 0 Å². The first-order valence-corrected chi connectivity index (χ1v) is 6.66. The van der Waals surface area contributed by atoms with Crippen LogP contribution in [-0.2, 0) is 20.3 Å². The van der Waals surface area contributed by atoms with E-state index >= 15 is 0 Å². The predicted molar refractivity (Wildman–Crippen MR) is 60.6 cm³/mol. The fourth-order valence-corrected chi connectivity index (χ4v) is 3.17. The first-order valence-electron chi connectivity index (χ1n) is 5.45. The number of aryl methyl sites for hydroxylation is 1. The van der Waals surface area contributed by atoms with Crippen LogP contribution in [0.15, 0.2) is 29.2 Å². The predicted octanol–water partition coefficient (Wildman–Crippen LogP) is 1.61. The Morgan fingerprint density at radius 2 is 1.75 bits per heavy atom. The lowest BCUT2D eigenvalue weighted by molar-refractivity contribution is 0.316. The highest BCUT2D eigenvalue weighted by atomic mass is 32.2. The molecule has 0 bridgehead atoms. The fourth-order valence-electron chi connectivity index (χ4n) is 1.87. The third-order valence-electron chi connectivity index (χ3n) is 3.03. The first-order chi connectivity index (χ1) is 7.66. The van der Waals surface area contributed by atoms with Gasteiger partial charge in [0.05, 0.1) is 16.9 Å². The number of benzene rings is 1. The minimum absolute atomic E-state index is 0.0390. The summed E-state index contributed by atoms with van der Waals surface area (Å²) in [6.45, 7) is 4.03. The van der Waals surface area contributed by atoms with E-state index in [1.165, 1.54) is 5.56 Å². The summed E-state index contributed by atoms with van der Waals surface area (Å²) in [7, 11) is -1.06. The fraction of sp³-hybridized carbons (Fsp3) is 0.500. The van der Waals surface area contributed by atoms with Crippen LogP contribution in [0.1, 0.15) is 12.5 Å². The van der Waals surface area contributed by atoms with Crippen molar-refractivity contribution >= 4 is 10.8 Å². The largest absolute Gasteiger partial charge is 0.367 e. The van der Waals surface area contributed by atoms with Crippen LogP contribution in [0.25, 0.3) is 0 Å². The van der Waals surface area contributed by atoms with E-state index < -0.39 is 10.8 Å². The minimum atomic E-state index is -1.06. The van der Waals surface area contributed by atoms with Gasteiger partial charge in [0.25, 0.3) is 0 Å². The summed E-state index contributed by atoms with van der Waals surface area (Å²) in [4.78, 5) is 0.839. The molecule has 2 saturated heterocycles. The van der Waals surface area contributed by atoms with Crippen molar-refractivity contribution in [2.45, 2.75) is 42.5 Å². The van der Waals surface area contributed by atoms with E-state index in [1.807, 2.05) is 38.1 Å². The van der Waals surface area contributed by atoms with Gasteiger partial charge in [0, 0.05) is 4.90 Å². The molecule has 2 aliphatic heterocycles. The highest BCUT2D eigenvalue weighted by Crippen LogP contribution is 2.41. The summed E-state index contributed by atoms with van der Waals surface area (Å²) in [5.74, 6) is 0. The van der Waals surface area contributed by atoms with Crippen molar-refractivity contribution in [3.8, 4) is 0 Å². The molecule has 2 aliphatic rings. The van der Waals surface area contributed by atoms with Crippen LogP contribution in [0.4, 0.5) is 0 Å². The molecule has 0 spiro atoms. The zero-order chi connectivity index (χ0) is 11.3. The zero-order valence-corrected chi connectivity index (χ0v) is 10.1. The molecule has 3 rings (SSSR count). The number of ether oxygens (including phenoxy) is 2. The lowest BCUT2D eigenvalue weighted by Crippen LogP contribution is -2.09. The molecule has 1 aromatic rings. The summed E-state index contributed by atoms with van der Waals surface area (Å²) >= 11 is 0. The van der Waals surface area contributed by atoms with Gasteiger partial charge in [-0.05, 0) is 26.0 Å². The third-order valence-corrected chi connectivity index (χ3v) is 4.57. The van der Waals surface area contributed by atoms with Gasteiger partial charge in [0.2, 0.25) is 0 Å². The molecule has 4 heteroatoms. The van der Waals surface area contributed by atoms with Gasteiger partial charge in [-0.2, -0.15) is 0 Å². The summed E-state index contributed by atoms with van der Waals surface area (Å²) in [6, 6.07) is 7.75. The third kappa shape index (κ3) is 1.81. The quantitative estimate of drug-likeness (QED) is 0.751. The van der Waals surface area contributed by atoms with E-state index in [0.29, 0.717) is 0 Å². The second kappa shape index (κ2) is 3.65. The van der Waals surface area contributed by atoms with Gasteiger partial charge < -0.3 is 9.47 Å². The van der Waals surface area contributed by atoms with Gasteiger partial charge in [-0.3, -0.25) is 4.21 Å². The minimum Gasteiger partial charge on any atom is -0.367 e. The second-order valence-electron chi connectivity index (χ2n) is 4.39. The summed E-state index contributed by atoms with van der Waals surface area (Å²) in [5.41, 5.74) is 1.01. The monoisotopic (exact) mass is 238 g/mol. The van der Waals surface area contributed by atoms with Gasteiger partial charge in [0.15, 0.2) is 5.44 Å². The Hall–Kier alpha value is -0.710. The smallest absolute Gasteiger partial charge is 0.166 e. The highest BCUT2D eigenvalue weighted by molar-refractivity contribution is 7.85. The van der Waals surface area contributed by atoms with Crippen molar-refractivity contribution in [1.29, 1.82) is 0 Å². The van der Waals surface area contributed by atoms with Crippen LogP contribution in [0, 0.1) is 6.92 Å². The zero-order valence-electron chi connectivity index (χ0n) is 9.25. The SMILES string of the molecule is Cc1ccc([S@](=O)[C@H]2O[C@H]2[C@@H]2O[C@H]2C)cc1. The van der Waals surface area contributed by atoms with Crippen LogP contribution in [0.5, 0.6) is 0 Å². The van der Waals surface area contributed by atoms with Gasteiger partial charge in [0.1, 0.15) is 12.2 Å². The lowest BCUT2D eigenvalue weighted by Gasteiger charge is -1.98. The molecule has 0 aromatic heterocycles. The summed E-state index contributed by atoms with van der Waals surface area (Å²) in [5, 5.41) is 0. The van der Waals surface area contributed by atoms with Crippen molar-refractivity contribution in [1.82, 2.24) is 0 Å². The molecule has 2 fully saturated rings. The molecule has 0 N–H and O–H groups in total. The van der Waals surface area contributed by atoms with E-state index in [-0.39, 0.29) is 23.7 Å². The average molecular weight is 238 g/mol. The second-order valence-corrected chi connectivity index (χ2v) is 5.92. The average Bonchev–Trinajstić information content (AvgIpc) is 3.13. The molecule has 0 saturated carbocycles. The Morgan fingerprint density at radius 1 is 1.12 bits per heavy atom. The molecule has 2 heterocycles. The van der Waals surface area contributed by atoms with Crippen molar-refractivity contribution in [2.24, 2.45) is 0 Å². The maximum Gasteiger partial charge on any atom is 0.166 e. The molecule has 0 radical (unpaired) electrons. The van der Waals surface area contributed by atoms with E-state index in [9.17, 15) is 4.21 Å². The Kier molecular flexibility index (Phi) is 2.38. The summed E-state index contributed by atoms with van der Waals surface area (Å²) < 4.78 is 22.8. The molecule has 0 aliphatic carbocycles. The number of epoxide rings is 2.